The van der Waals surface area contributed by atoms with Crippen molar-refractivity contribution in [3.05, 3.63) is 60.2 Å². The van der Waals surface area contributed by atoms with Crippen LogP contribution in [0.4, 0.5) is 0 Å². The number of hydrogen-bond donors (Lipinski definition) is 1. The van der Waals surface area contributed by atoms with Crippen molar-refractivity contribution in [2.24, 2.45) is 0 Å². The third kappa shape index (κ3) is 4.63. The van der Waals surface area contributed by atoms with E-state index < -0.39 is 10.0 Å². The summed E-state index contributed by atoms with van der Waals surface area (Å²) in [6.07, 6.45) is 0. The van der Waals surface area contributed by atoms with Gasteiger partial charge in [0.15, 0.2) is 5.11 Å². The summed E-state index contributed by atoms with van der Waals surface area (Å²) >= 11 is 5.54. The van der Waals surface area contributed by atoms with E-state index in [1.807, 2.05) is 23.1 Å². The van der Waals surface area contributed by atoms with Gasteiger partial charge in [0.2, 0.25) is 10.0 Å². The van der Waals surface area contributed by atoms with Gasteiger partial charge in [-0.3, -0.25) is 0 Å². The molecule has 0 spiro atoms. The number of hydrogen-bond acceptors (Lipinski definition) is 4. The lowest BCUT2D eigenvalue weighted by Gasteiger charge is -2.36. The lowest BCUT2D eigenvalue weighted by molar-refractivity contribution is 0.262. The fourth-order valence-electron chi connectivity index (χ4n) is 3.13. The molecule has 1 fully saturated rings. The Morgan fingerprint density at radius 2 is 1.64 bits per heavy atom. The van der Waals surface area contributed by atoms with E-state index >= 15 is 0 Å². The average molecular weight is 420 g/mol. The van der Waals surface area contributed by atoms with Crippen LogP contribution in [0.1, 0.15) is 18.5 Å². The highest BCUT2D eigenvalue weighted by Gasteiger charge is 2.29. The Bertz CT molecular complexity index is 894. The Morgan fingerprint density at radius 1 is 1.04 bits per heavy atom. The minimum absolute atomic E-state index is 0.0924. The van der Waals surface area contributed by atoms with Crippen LogP contribution in [0, 0.1) is 0 Å². The summed E-state index contributed by atoms with van der Waals surface area (Å²) in [7, 11) is -1.96. The van der Waals surface area contributed by atoms with Gasteiger partial charge in [0.05, 0.1) is 18.0 Å². The van der Waals surface area contributed by atoms with E-state index in [1.54, 1.807) is 31.4 Å². The van der Waals surface area contributed by atoms with Crippen molar-refractivity contribution in [3.8, 4) is 5.75 Å². The summed E-state index contributed by atoms with van der Waals surface area (Å²) in [4.78, 5) is 2.30. The van der Waals surface area contributed by atoms with Gasteiger partial charge >= 0.3 is 0 Å². The predicted octanol–water partition coefficient (Wildman–Crippen LogP) is 2.64. The molecule has 0 bridgehead atoms. The molecule has 8 heteroatoms. The molecule has 1 heterocycles. The summed E-state index contributed by atoms with van der Waals surface area (Å²) in [5.41, 5.74) is 1.16. The van der Waals surface area contributed by atoms with Crippen LogP contribution < -0.4 is 10.1 Å². The van der Waals surface area contributed by atoms with Crippen molar-refractivity contribution < 1.29 is 13.2 Å². The van der Waals surface area contributed by atoms with Gasteiger partial charge in [-0.25, -0.2) is 8.42 Å². The molecule has 1 unspecified atom stereocenters. The zero-order valence-electron chi connectivity index (χ0n) is 16.0. The second-order valence-corrected chi connectivity index (χ2v) is 8.97. The van der Waals surface area contributed by atoms with Crippen molar-refractivity contribution >= 4 is 27.4 Å². The van der Waals surface area contributed by atoms with Crippen LogP contribution in [0.5, 0.6) is 5.75 Å². The highest BCUT2D eigenvalue weighted by atomic mass is 32.2. The summed E-state index contributed by atoms with van der Waals surface area (Å²) in [6.45, 7) is 3.98. The molecular weight excluding hydrogens is 394 g/mol. The molecule has 6 nitrogen and oxygen atoms in total. The second kappa shape index (κ2) is 8.89. The lowest BCUT2D eigenvalue weighted by Crippen LogP contribution is -2.53. The molecule has 2 aromatic rings. The quantitative estimate of drug-likeness (QED) is 0.752. The maximum atomic E-state index is 12.8. The number of nitrogens with one attached hydrogen (secondary N) is 1. The predicted molar refractivity (Wildman–Crippen MR) is 114 cm³/mol. The Balaban J connectivity index is 1.58. The number of sulfonamides is 1. The molecule has 0 aliphatic carbocycles. The number of nitrogens with zero attached hydrogens (tertiary/aromatic N) is 2. The molecule has 28 heavy (non-hydrogen) atoms. The van der Waals surface area contributed by atoms with E-state index in [-0.39, 0.29) is 10.9 Å². The first-order chi connectivity index (χ1) is 13.4. The van der Waals surface area contributed by atoms with Crippen LogP contribution >= 0.6 is 12.2 Å². The number of ether oxygens (including phenoxy) is 1. The van der Waals surface area contributed by atoms with Crippen LogP contribution in [-0.2, 0) is 10.0 Å². The highest BCUT2D eigenvalue weighted by Crippen LogP contribution is 2.21. The molecule has 3 rings (SSSR count). The number of thiocarbonyl (C=S) groups is 1. The summed E-state index contributed by atoms with van der Waals surface area (Å²) in [5, 5.41) is 3.99. The van der Waals surface area contributed by atoms with Crippen LogP contribution in [0.3, 0.4) is 0 Å². The molecule has 1 saturated heterocycles. The zero-order valence-corrected chi connectivity index (χ0v) is 17.7. The molecule has 2 aromatic carbocycles. The third-order valence-corrected chi connectivity index (χ3v) is 7.15. The van der Waals surface area contributed by atoms with E-state index in [0.29, 0.717) is 37.0 Å². The molecule has 0 aromatic heterocycles. The first-order valence-corrected chi connectivity index (χ1v) is 11.0. The van der Waals surface area contributed by atoms with Gasteiger partial charge in [-0.05, 0) is 49.0 Å². The Labute approximate surface area is 172 Å². The van der Waals surface area contributed by atoms with Crippen LogP contribution in [0.25, 0.3) is 0 Å². The lowest BCUT2D eigenvalue weighted by atomic mass is 10.1. The Morgan fingerprint density at radius 3 is 2.21 bits per heavy atom. The van der Waals surface area contributed by atoms with E-state index in [1.165, 1.54) is 4.31 Å². The molecular formula is C20H25N3O3S2. The normalized spacial score (nSPS) is 16.4. The highest BCUT2D eigenvalue weighted by molar-refractivity contribution is 7.89. The monoisotopic (exact) mass is 419 g/mol. The van der Waals surface area contributed by atoms with Gasteiger partial charge < -0.3 is 15.0 Å². The molecule has 1 aliphatic heterocycles. The van der Waals surface area contributed by atoms with Crippen LogP contribution in [0.2, 0.25) is 0 Å². The van der Waals surface area contributed by atoms with Gasteiger partial charge in [-0.15, -0.1) is 0 Å². The maximum absolute atomic E-state index is 12.8. The fraction of sp³-hybridized carbons (Fsp3) is 0.350. The van der Waals surface area contributed by atoms with E-state index in [4.69, 9.17) is 17.0 Å². The molecule has 0 radical (unpaired) electrons. The SMILES string of the molecule is COc1ccc(S(=O)(=O)N2CCN(C(=S)NC(C)c3ccccc3)CC2)cc1. The molecule has 150 valence electrons. The van der Waals surface area contributed by atoms with Crippen LogP contribution in [0.15, 0.2) is 59.5 Å². The number of benzene rings is 2. The third-order valence-electron chi connectivity index (χ3n) is 4.86. The topological polar surface area (TPSA) is 61.9 Å². The van der Waals surface area contributed by atoms with Gasteiger partial charge in [-0.2, -0.15) is 4.31 Å². The van der Waals surface area contributed by atoms with Gasteiger partial charge in [0, 0.05) is 26.2 Å². The summed E-state index contributed by atoms with van der Waals surface area (Å²) in [5.74, 6) is 0.632. The Kier molecular flexibility index (Phi) is 6.53. The summed E-state index contributed by atoms with van der Waals surface area (Å²) in [6, 6.07) is 16.7. The van der Waals surface area contributed by atoms with Gasteiger partial charge in [0.25, 0.3) is 0 Å². The molecule has 1 N–H and O–H groups in total. The minimum atomic E-state index is -3.51. The smallest absolute Gasteiger partial charge is 0.243 e. The molecule has 0 saturated carbocycles. The van der Waals surface area contributed by atoms with E-state index in [2.05, 4.69) is 24.4 Å². The fourth-order valence-corrected chi connectivity index (χ4v) is 4.91. The van der Waals surface area contributed by atoms with Crippen molar-refractivity contribution in [1.82, 2.24) is 14.5 Å². The van der Waals surface area contributed by atoms with E-state index in [9.17, 15) is 8.42 Å². The molecule has 1 aliphatic rings. The van der Waals surface area contributed by atoms with Crippen molar-refractivity contribution in [3.63, 3.8) is 0 Å². The van der Waals surface area contributed by atoms with Gasteiger partial charge in [0.1, 0.15) is 5.75 Å². The van der Waals surface area contributed by atoms with Gasteiger partial charge in [-0.1, -0.05) is 30.3 Å². The number of rotatable bonds is 5. The van der Waals surface area contributed by atoms with Crippen molar-refractivity contribution in [2.75, 3.05) is 33.3 Å². The number of methoxy groups -OCH3 is 1. The zero-order chi connectivity index (χ0) is 20.1. The largest absolute Gasteiger partial charge is 0.497 e. The van der Waals surface area contributed by atoms with E-state index in [0.717, 1.165) is 5.56 Å². The molecule has 0 amide bonds. The average Bonchev–Trinajstić information content (AvgIpc) is 2.74. The Hall–Kier alpha value is -2.16. The van der Waals surface area contributed by atoms with Crippen molar-refractivity contribution in [2.45, 2.75) is 17.9 Å². The van der Waals surface area contributed by atoms with Crippen LogP contribution in [-0.4, -0.2) is 56.0 Å². The van der Waals surface area contributed by atoms with Crippen molar-refractivity contribution in [1.29, 1.82) is 0 Å². The first-order valence-electron chi connectivity index (χ1n) is 9.16. The number of piperazine rings is 1. The first kappa shape index (κ1) is 20.6. The molecule has 1 atom stereocenters. The maximum Gasteiger partial charge on any atom is 0.243 e. The standard InChI is InChI=1S/C20H25N3O3S2/c1-16(17-6-4-3-5-7-17)21-20(27)22-12-14-23(15-13-22)28(24,25)19-10-8-18(26-2)9-11-19/h3-11,16H,12-15H2,1-2H3,(H,21,27). The second-order valence-electron chi connectivity index (χ2n) is 6.65. The minimum Gasteiger partial charge on any atom is -0.497 e. The summed E-state index contributed by atoms with van der Waals surface area (Å²) < 4.78 is 32.3.